The minimum atomic E-state index is -1.10. The molecule has 32 heavy (non-hydrogen) atoms. The molecule has 0 aliphatic carbocycles. The fourth-order valence-electron chi connectivity index (χ4n) is 2.70. The number of aliphatic imine (C=N–C) groups is 1. The first-order valence-electron chi connectivity index (χ1n) is 9.36. The molecule has 0 aromatic heterocycles. The second-order valence-corrected chi connectivity index (χ2v) is 7.74. The van der Waals surface area contributed by atoms with E-state index in [4.69, 9.17) is 19.7 Å². The largest absolute Gasteiger partial charge is 0.493 e. The van der Waals surface area contributed by atoms with Crippen molar-refractivity contribution in [1.82, 2.24) is 4.90 Å². The van der Waals surface area contributed by atoms with E-state index in [1.165, 1.54) is 42.8 Å². The van der Waals surface area contributed by atoms with Gasteiger partial charge in [-0.2, -0.15) is 0 Å². The Morgan fingerprint density at radius 2 is 1.81 bits per heavy atom. The first-order chi connectivity index (χ1) is 15.2. The van der Waals surface area contributed by atoms with Crippen molar-refractivity contribution in [3.05, 3.63) is 58.5 Å². The van der Waals surface area contributed by atoms with Crippen LogP contribution in [0.25, 0.3) is 6.08 Å². The van der Waals surface area contributed by atoms with Crippen LogP contribution in [0.2, 0.25) is 0 Å². The van der Waals surface area contributed by atoms with Gasteiger partial charge in [-0.3, -0.25) is 9.69 Å². The number of carboxylic acids is 2. The number of ether oxygens (including phenoxy) is 2. The van der Waals surface area contributed by atoms with Crippen molar-refractivity contribution in [1.29, 1.82) is 0 Å². The van der Waals surface area contributed by atoms with Gasteiger partial charge in [-0.05, 0) is 66.7 Å². The molecule has 1 unspecified atom stereocenters. The summed E-state index contributed by atoms with van der Waals surface area (Å²) >= 11 is 1.18. The van der Waals surface area contributed by atoms with Crippen molar-refractivity contribution < 1.29 is 34.1 Å². The van der Waals surface area contributed by atoms with Crippen LogP contribution >= 0.6 is 11.8 Å². The Kier molecular flexibility index (Phi) is 6.84. The van der Waals surface area contributed by atoms with E-state index in [0.717, 1.165) is 0 Å². The molecule has 166 valence electrons. The van der Waals surface area contributed by atoms with E-state index in [-0.39, 0.29) is 17.2 Å². The van der Waals surface area contributed by atoms with E-state index in [9.17, 15) is 14.4 Å². The average molecular weight is 456 g/mol. The zero-order chi connectivity index (χ0) is 23.4. The van der Waals surface area contributed by atoms with Gasteiger partial charge >= 0.3 is 11.9 Å². The summed E-state index contributed by atoms with van der Waals surface area (Å²) in [5.41, 5.74) is 1.33. The third kappa shape index (κ3) is 5.09. The number of carbonyl (C=O) groups is 3. The lowest BCUT2D eigenvalue weighted by Gasteiger charge is -2.14. The van der Waals surface area contributed by atoms with E-state index in [0.29, 0.717) is 27.1 Å². The first kappa shape index (κ1) is 22.9. The lowest BCUT2D eigenvalue weighted by atomic mass is 10.2. The van der Waals surface area contributed by atoms with Crippen LogP contribution in [0.15, 0.2) is 52.4 Å². The Labute approximate surface area is 188 Å². The molecule has 3 rings (SSSR count). The number of nitrogens with zero attached hydrogens (tertiary/aromatic N) is 2. The molecule has 1 saturated heterocycles. The van der Waals surface area contributed by atoms with Gasteiger partial charge in [0, 0.05) is 7.05 Å². The Morgan fingerprint density at radius 3 is 2.41 bits per heavy atom. The van der Waals surface area contributed by atoms with E-state index in [1.807, 2.05) is 0 Å². The van der Waals surface area contributed by atoms with Gasteiger partial charge in [0.2, 0.25) is 0 Å². The van der Waals surface area contributed by atoms with Gasteiger partial charge in [-0.15, -0.1) is 0 Å². The van der Waals surface area contributed by atoms with Crippen molar-refractivity contribution in [2.24, 2.45) is 4.99 Å². The van der Waals surface area contributed by atoms with Crippen molar-refractivity contribution in [2.75, 3.05) is 14.2 Å². The number of benzene rings is 2. The Balaban J connectivity index is 1.83. The Morgan fingerprint density at radius 1 is 1.12 bits per heavy atom. The number of likely N-dealkylation sites (N-methyl/N-ethyl adjacent to an activating group) is 1. The minimum Gasteiger partial charge on any atom is -0.493 e. The number of aliphatic carboxylic acids is 1. The maximum absolute atomic E-state index is 12.7. The summed E-state index contributed by atoms with van der Waals surface area (Å²) in [5, 5.41) is 18.5. The van der Waals surface area contributed by atoms with Crippen LogP contribution in [0.3, 0.4) is 0 Å². The second kappa shape index (κ2) is 9.56. The minimum absolute atomic E-state index is 0.150. The van der Waals surface area contributed by atoms with Gasteiger partial charge in [-0.1, -0.05) is 6.07 Å². The molecular formula is C22H20N2O7S. The summed E-state index contributed by atoms with van der Waals surface area (Å²) in [6.45, 7) is 1.41. The molecular weight excluding hydrogens is 436 g/mol. The van der Waals surface area contributed by atoms with E-state index in [2.05, 4.69) is 4.99 Å². The van der Waals surface area contributed by atoms with Gasteiger partial charge in [0.15, 0.2) is 22.8 Å². The van der Waals surface area contributed by atoms with Crippen LogP contribution in [-0.2, 0) is 9.59 Å². The summed E-state index contributed by atoms with van der Waals surface area (Å²) in [5.74, 6) is -1.75. The summed E-state index contributed by atoms with van der Waals surface area (Å²) < 4.78 is 10.7. The van der Waals surface area contributed by atoms with E-state index < -0.39 is 18.0 Å². The van der Waals surface area contributed by atoms with Gasteiger partial charge in [0.25, 0.3) is 5.91 Å². The molecule has 2 aromatic carbocycles. The zero-order valence-electron chi connectivity index (χ0n) is 17.4. The SMILES string of the molecule is COc1cc(C=C2SC(=Nc3ccc(C(=O)O)cc3)N(C)C2=O)ccc1OC(C)C(=O)O. The molecule has 2 N–H and O–H groups in total. The number of carbonyl (C=O) groups excluding carboxylic acids is 1. The van der Waals surface area contributed by atoms with Crippen LogP contribution in [-0.4, -0.2) is 58.4 Å². The molecule has 2 aromatic rings. The molecule has 0 spiro atoms. The summed E-state index contributed by atoms with van der Waals surface area (Å²) in [6, 6.07) is 10.9. The normalized spacial score (nSPS) is 17.0. The molecule has 10 heteroatoms. The van der Waals surface area contributed by atoms with Crippen LogP contribution in [0.1, 0.15) is 22.8 Å². The maximum Gasteiger partial charge on any atom is 0.344 e. The number of hydrogen-bond acceptors (Lipinski definition) is 7. The number of aromatic carboxylic acids is 1. The number of amidine groups is 1. The number of methoxy groups -OCH3 is 1. The summed E-state index contributed by atoms with van der Waals surface area (Å²) in [4.78, 5) is 40.9. The lowest BCUT2D eigenvalue weighted by molar-refractivity contribution is -0.144. The number of hydrogen-bond donors (Lipinski definition) is 2. The van der Waals surface area contributed by atoms with Gasteiger partial charge in [-0.25, -0.2) is 14.6 Å². The number of thioether (sulfide) groups is 1. The van der Waals surface area contributed by atoms with Crippen LogP contribution in [0.5, 0.6) is 11.5 Å². The van der Waals surface area contributed by atoms with Gasteiger partial charge in [0.05, 0.1) is 23.3 Å². The van der Waals surface area contributed by atoms with Crippen molar-refractivity contribution in [3.8, 4) is 11.5 Å². The molecule has 0 saturated carbocycles. The van der Waals surface area contributed by atoms with Gasteiger partial charge in [0.1, 0.15) is 0 Å². The maximum atomic E-state index is 12.7. The van der Waals surface area contributed by atoms with E-state index >= 15 is 0 Å². The number of carboxylic acid groups (broad SMARTS) is 2. The van der Waals surface area contributed by atoms with Crippen LogP contribution < -0.4 is 9.47 Å². The quantitative estimate of drug-likeness (QED) is 0.607. The topological polar surface area (TPSA) is 126 Å². The van der Waals surface area contributed by atoms with Crippen LogP contribution in [0, 0.1) is 0 Å². The predicted octanol–water partition coefficient (Wildman–Crippen LogP) is 3.48. The fraction of sp³-hybridized carbons (Fsp3) is 0.182. The molecule has 1 amide bonds. The molecule has 1 fully saturated rings. The molecule has 0 radical (unpaired) electrons. The molecule has 1 atom stereocenters. The monoisotopic (exact) mass is 456 g/mol. The zero-order valence-corrected chi connectivity index (χ0v) is 18.3. The second-order valence-electron chi connectivity index (χ2n) is 6.73. The smallest absolute Gasteiger partial charge is 0.344 e. The third-order valence-electron chi connectivity index (χ3n) is 4.48. The van der Waals surface area contributed by atoms with Crippen LogP contribution in [0.4, 0.5) is 5.69 Å². The average Bonchev–Trinajstić information content (AvgIpc) is 3.02. The highest BCUT2D eigenvalue weighted by Crippen LogP contribution is 2.35. The standard InChI is InChI=1S/C22H20N2O7S/c1-12(20(26)27)31-16-9-4-13(10-17(16)30-3)11-18-19(25)24(2)22(32-18)23-15-7-5-14(6-8-15)21(28)29/h4-12H,1-3H3,(H,26,27)(H,28,29). The summed E-state index contributed by atoms with van der Waals surface area (Å²) in [7, 11) is 3.04. The summed E-state index contributed by atoms with van der Waals surface area (Å²) in [6.07, 6.45) is 0.629. The third-order valence-corrected chi connectivity index (χ3v) is 5.54. The van der Waals surface area contributed by atoms with Crippen molar-refractivity contribution in [3.63, 3.8) is 0 Å². The molecule has 1 aliphatic heterocycles. The number of amides is 1. The number of rotatable bonds is 7. The van der Waals surface area contributed by atoms with E-state index in [1.54, 1.807) is 43.5 Å². The van der Waals surface area contributed by atoms with Gasteiger partial charge < -0.3 is 19.7 Å². The Bertz CT molecular complexity index is 1130. The fourth-order valence-corrected chi connectivity index (χ4v) is 3.69. The molecule has 1 heterocycles. The first-order valence-corrected chi connectivity index (χ1v) is 10.2. The Hall–Kier alpha value is -3.79. The lowest BCUT2D eigenvalue weighted by Crippen LogP contribution is -2.23. The highest BCUT2D eigenvalue weighted by Gasteiger charge is 2.30. The predicted molar refractivity (Wildman–Crippen MR) is 120 cm³/mol. The highest BCUT2D eigenvalue weighted by molar-refractivity contribution is 8.18. The molecule has 0 bridgehead atoms. The molecule has 1 aliphatic rings. The highest BCUT2D eigenvalue weighted by atomic mass is 32.2. The van der Waals surface area contributed by atoms with Crippen molar-refractivity contribution in [2.45, 2.75) is 13.0 Å². The molecule has 9 nitrogen and oxygen atoms in total. The van der Waals surface area contributed by atoms with Crippen molar-refractivity contribution >= 4 is 46.5 Å².